The fourth-order valence-corrected chi connectivity index (χ4v) is 2.99. The van der Waals surface area contributed by atoms with Gasteiger partial charge in [-0.2, -0.15) is 5.10 Å². The quantitative estimate of drug-likeness (QED) is 0.790. The molecule has 7 heteroatoms. The van der Waals surface area contributed by atoms with Gasteiger partial charge in [-0.3, -0.25) is 9.59 Å². The Morgan fingerprint density at radius 3 is 2.60 bits per heavy atom. The number of rotatable bonds is 6. The van der Waals surface area contributed by atoms with Crippen molar-refractivity contribution in [3.63, 3.8) is 0 Å². The molecule has 0 saturated carbocycles. The highest BCUT2D eigenvalue weighted by Gasteiger charge is 2.31. The van der Waals surface area contributed by atoms with E-state index >= 15 is 0 Å². The number of benzene rings is 1. The van der Waals surface area contributed by atoms with Crippen LogP contribution in [-0.2, 0) is 6.54 Å². The summed E-state index contributed by atoms with van der Waals surface area (Å²) in [5.41, 5.74) is 1.11. The number of hydrogen-bond acceptors (Lipinski definition) is 6. The van der Waals surface area contributed by atoms with Crippen LogP contribution in [0.15, 0.2) is 35.3 Å². The molecule has 0 radical (unpaired) electrons. The molecule has 3 rings (SSSR count). The third-order valence-electron chi connectivity index (χ3n) is 4.53. The summed E-state index contributed by atoms with van der Waals surface area (Å²) in [7, 11) is 1.59. The molecule has 1 aromatic carbocycles. The summed E-state index contributed by atoms with van der Waals surface area (Å²) in [5.74, 6) is 0.436. The van der Waals surface area contributed by atoms with Gasteiger partial charge in [0.2, 0.25) is 0 Å². The van der Waals surface area contributed by atoms with Gasteiger partial charge in [0, 0.05) is 6.54 Å². The van der Waals surface area contributed by atoms with Gasteiger partial charge >= 0.3 is 0 Å². The highest BCUT2D eigenvalue weighted by molar-refractivity contribution is 5.99. The Labute approximate surface area is 145 Å². The molecule has 132 valence electrons. The molecule has 1 aliphatic heterocycles. The Bertz CT molecular complexity index is 827. The van der Waals surface area contributed by atoms with Gasteiger partial charge in [-0.25, -0.2) is 4.68 Å². The summed E-state index contributed by atoms with van der Waals surface area (Å²) in [6.07, 6.45) is 2.38. The van der Waals surface area contributed by atoms with E-state index in [0.717, 1.165) is 17.7 Å². The van der Waals surface area contributed by atoms with Crippen molar-refractivity contribution in [3.8, 4) is 5.75 Å². The number of anilines is 1. The smallest absolute Gasteiger partial charge is 0.280 e. The number of nitrogens with zero attached hydrogens (tertiary/aromatic N) is 3. The minimum absolute atomic E-state index is 0.00766. The predicted octanol–water partition coefficient (Wildman–Crippen LogP) is 1.07. The molecule has 25 heavy (non-hydrogen) atoms. The van der Waals surface area contributed by atoms with Crippen LogP contribution in [0.5, 0.6) is 5.75 Å². The van der Waals surface area contributed by atoms with Crippen molar-refractivity contribution in [2.24, 2.45) is 0 Å². The Balaban J connectivity index is 1.94. The molecule has 0 aliphatic carbocycles. The molecule has 1 aromatic heterocycles. The molecular formula is C18H21N3O4. The summed E-state index contributed by atoms with van der Waals surface area (Å²) < 4.78 is 6.41. The van der Waals surface area contributed by atoms with Gasteiger partial charge < -0.3 is 14.7 Å². The first-order chi connectivity index (χ1) is 12.0. The normalized spacial score (nSPS) is 16.4. The lowest BCUT2D eigenvalue weighted by atomic mass is 10.0. The number of aromatic nitrogens is 2. The number of carbonyl (C=O) groups excluding carboxylic acids is 1. The third-order valence-corrected chi connectivity index (χ3v) is 4.53. The van der Waals surface area contributed by atoms with Gasteiger partial charge in [-0.15, -0.1) is 0 Å². The second-order valence-electron chi connectivity index (χ2n) is 6.09. The van der Waals surface area contributed by atoms with Crippen molar-refractivity contribution < 1.29 is 14.6 Å². The number of ketones is 1. The zero-order chi connectivity index (χ0) is 18.0. The number of carbonyl (C=O) groups is 1. The second kappa shape index (κ2) is 7.06. The van der Waals surface area contributed by atoms with Crippen LogP contribution < -0.4 is 15.2 Å². The summed E-state index contributed by atoms with van der Waals surface area (Å²) in [6, 6.07) is 7.27. The molecule has 1 saturated heterocycles. The lowest BCUT2D eigenvalue weighted by molar-refractivity contribution is 0.101. The van der Waals surface area contributed by atoms with Crippen LogP contribution in [0.2, 0.25) is 0 Å². The van der Waals surface area contributed by atoms with Crippen molar-refractivity contribution in [2.45, 2.75) is 25.9 Å². The second-order valence-corrected chi connectivity index (χ2v) is 6.09. The first kappa shape index (κ1) is 17.2. The number of hydrogen-bond donors (Lipinski definition) is 1. The van der Waals surface area contributed by atoms with Gasteiger partial charge in [0.15, 0.2) is 5.78 Å². The zero-order valence-electron chi connectivity index (χ0n) is 14.3. The van der Waals surface area contributed by atoms with Gasteiger partial charge in [-0.05, 0) is 31.0 Å². The van der Waals surface area contributed by atoms with E-state index in [1.165, 1.54) is 11.6 Å². The van der Waals surface area contributed by atoms with Crippen LogP contribution >= 0.6 is 0 Å². The topological polar surface area (TPSA) is 84.7 Å². The van der Waals surface area contributed by atoms with Crippen molar-refractivity contribution in [1.82, 2.24) is 9.78 Å². The summed E-state index contributed by atoms with van der Waals surface area (Å²) >= 11 is 0. The maximum atomic E-state index is 12.8. The predicted molar refractivity (Wildman–Crippen MR) is 93.4 cm³/mol. The molecule has 0 amide bonds. The molecule has 2 heterocycles. The third kappa shape index (κ3) is 3.28. The van der Waals surface area contributed by atoms with E-state index in [0.29, 0.717) is 12.2 Å². The molecule has 1 N–H and O–H groups in total. The van der Waals surface area contributed by atoms with Crippen molar-refractivity contribution in [1.29, 1.82) is 0 Å². The van der Waals surface area contributed by atoms with E-state index in [-0.39, 0.29) is 30.5 Å². The molecule has 0 bridgehead atoms. The lowest BCUT2D eigenvalue weighted by Gasteiger charge is -2.42. The van der Waals surface area contributed by atoms with Crippen molar-refractivity contribution >= 4 is 11.5 Å². The van der Waals surface area contributed by atoms with E-state index in [1.54, 1.807) is 13.3 Å². The van der Waals surface area contributed by atoms with Crippen LogP contribution in [0, 0.1) is 0 Å². The van der Waals surface area contributed by atoms with E-state index in [4.69, 9.17) is 4.74 Å². The van der Waals surface area contributed by atoms with Gasteiger partial charge in [0.05, 0.1) is 38.2 Å². The molecule has 1 aliphatic rings. The fourth-order valence-electron chi connectivity index (χ4n) is 2.99. The Kier molecular flexibility index (Phi) is 4.85. The first-order valence-electron chi connectivity index (χ1n) is 8.16. The van der Waals surface area contributed by atoms with Crippen LogP contribution in [0.1, 0.15) is 29.3 Å². The van der Waals surface area contributed by atoms with Crippen molar-refractivity contribution in [2.75, 3.05) is 25.2 Å². The molecule has 2 aromatic rings. The number of methoxy groups -OCH3 is 1. The van der Waals surface area contributed by atoms with Gasteiger partial charge in [0.25, 0.3) is 5.56 Å². The molecule has 7 nitrogen and oxygen atoms in total. The van der Waals surface area contributed by atoms with Crippen LogP contribution in [0.25, 0.3) is 0 Å². The standard InChI is InChI=1S/C18H21N3O4/c1-12(23)17-16(20-8-7-14(20)11-22)9-19-21(18(17)24)10-13-3-5-15(25-2)6-4-13/h3-6,9,14,22H,7-8,10-11H2,1-2H3/t14-/m0/s1. The average molecular weight is 343 g/mol. The Morgan fingerprint density at radius 2 is 2.08 bits per heavy atom. The first-order valence-corrected chi connectivity index (χ1v) is 8.16. The molecule has 0 unspecified atom stereocenters. The molecule has 1 fully saturated rings. The summed E-state index contributed by atoms with van der Waals surface area (Å²) in [6.45, 7) is 2.35. The number of aliphatic hydroxyl groups excluding tert-OH is 1. The van der Waals surface area contributed by atoms with Crippen LogP contribution in [0.3, 0.4) is 0 Å². The monoisotopic (exact) mass is 343 g/mol. The fraction of sp³-hybridized carbons (Fsp3) is 0.389. The van der Waals surface area contributed by atoms with Gasteiger partial charge in [-0.1, -0.05) is 12.1 Å². The molecule has 1 atom stereocenters. The minimum atomic E-state index is -0.413. The van der Waals surface area contributed by atoms with Crippen molar-refractivity contribution in [3.05, 3.63) is 51.9 Å². The SMILES string of the molecule is COc1ccc(Cn2ncc(N3CC[C@H]3CO)c(C(C)=O)c2=O)cc1. The van der Waals surface area contributed by atoms with E-state index in [9.17, 15) is 14.7 Å². The van der Waals surface area contributed by atoms with E-state index in [1.807, 2.05) is 29.2 Å². The lowest BCUT2D eigenvalue weighted by Crippen LogP contribution is -2.51. The summed E-state index contributed by atoms with van der Waals surface area (Å²) in [5, 5.41) is 13.6. The van der Waals surface area contributed by atoms with Crippen LogP contribution in [0.4, 0.5) is 5.69 Å². The highest BCUT2D eigenvalue weighted by Crippen LogP contribution is 2.27. The Hall–Kier alpha value is -2.67. The maximum Gasteiger partial charge on any atom is 0.280 e. The molecular weight excluding hydrogens is 322 g/mol. The number of ether oxygens (including phenoxy) is 1. The van der Waals surface area contributed by atoms with Crippen LogP contribution in [-0.4, -0.2) is 47.0 Å². The van der Waals surface area contributed by atoms with E-state index in [2.05, 4.69) is 5.10 Å². The number of Topliss-reactive ketones (excluding diaryl/α,β-unsaturated/α-hetero) is 1. The summed E-state index contributed by atoms with van der Waals surface area (Å²) in [4.78, 5) is 26.7. The Morgan fingerprint density at radius 1 is 1.36 bits per heavy atom. The highest BCUT2D eigenvalue weighted by atomic mass is 16.5. The number of aliphatic hydroxyl groups is 1. The van der Waals surface area contributed by atoms with Gasteiger partial charge in [0.1, 0.15) is 11.3 Å². The van der Waals surface area contributed by atoms with E-state index < -0.39 is 5.56 Å². The average Bonchev–Trinajstić information content (AvgIpc) is 2.57. The minimum Gasteiger partial charge on any atom is -0.497 e. The maximum absolute atomic E-state index is 12.8. The molecule has 0 spiro atoms. The zero-order valence-corrected chi connectivity index (χ0v) is 14.3. The largest absolute Gasteiger partial charge is 0.497 e.